The Labute approximate surface area is 125 Å². The minimum Gasteiger partial charge on any atom is -0.384 e. The van der Waals surface area contributed by atoms with Gasteiger partial charge in [-0.25, -0.2) is 0 Å². The third kappa shape index (κ3) is 4.17. The van der Waals surface area contributed by atoms with E-state index in [0.29, 0.717) is 0 Å². The molecule has 1 aliphatic rings. The molecule has 1 saturated carbocycles. The Kier molecular flexibility index (Phi) is 5.41. The third-order valence-corrected chi connectivity index (χ3v) is 6.11. The average molecular weight is 290 g/mol. The van der Waals surface area contributed by atoms with Gasteiger partial charge in [-0.2, -0.15) is 0 Å². The summed E-state index contributed by atoms with van der Waals surface area (Å²) in [6.45, 7) is 6.68. The van der Waals surface area contributed by atoms with Crippen LogP contribution in [-0.2, 0) is 0 Å². The van der Waals surface area contributed by atoms with Crippen molar-refractivity contribution in [3.05, 3.63) is 35.9 Å². The Morgan fingerprint density at radius 1 is 1.10 bits per heavy atom. The minimum atomic E-state index is -0.431. The van der Waals surface area contributed by atoms with Crippen LogP contribution in [0.4, 0.5) is 0 Å². The Hall–Kier alpha value is -0.650. The second kappa shape index (κ2) is 6.87. The highest BCUT2D eigenvalue weighted by atomic mass is 31.1. The van der Waals surface area contributed by atoms with E-state index in [1.165, 1.54) is 45.6 Å². The molecule has 2 rings (SSSR count). The molecular formula is C18H27OP. The van der Waals surface area contributed by atoms with Crippen molar-refractivity contribution in [3.63, 3.8) is 0 Å². The highest BCUT2D eigenvalue weighted by Crippen LogP contribution is 2.37. The van der Waals surface area contributed by atoms with E-state index < -0.39 is 6.10 Å². The summed E-state index contributed by atoms with van der Waals surface area (Å²) in [4.78, 5) is 0. The maximum Gasteiger partial charge on any atom is 0.105 e. The van der Waals surface area contributed by atoms with Gasteiger partial charge in [0.1, 0.15) is 6.10 Å². The van der Waals surface area contributed by atoms with Crippen molar-refractivity contribution in [2.24, 2.45) is 5.41 Å². The van der Waals surface area contributed by atoms with Crippen molar-refractivity contribution in [1.29, 1.82) is 0 Å². The Balaban J connectivity index is 2.25. The number of rotatable bonds is 3. The predicted octanol–water partition coefficient (Wildman–Crippen LogP) is 5.22. The quantitative estimate of drug-likeness (QED) is 0.757. The summed E-state index contributed by atoms with van der Waals surface area (Å²) in [7, 11) is 1.37. The first kappa shape index (κ1) is 15.7. The highest BCUT2D eigenvalue weighted by Gasteiger charge is 2.27. The topological polar surface area (TPSA) is 20.2 Å². The number of aliphatic hydroxyl groups excluding tert-OH is 1. The van der Waals surface area contributed by atoms with Crippen LogP contribution < -0.4 is 0 Å². The molecule has 1 unspecified atom stereocenters. The lowest BCUT2D eigenvalue weighted by Gasteiger charge is -2.30. The highest BCUT2D eigenvalue weighted by molar-refractivity contribution is 7.41. The Morgan fingerprint density at radius 2 is 1.70 bits per heavy atom. The number of hydrogen-bond acceptors (Lipinski definition) is 1. The van der Waals surface area contributed by atoms with Crippen molar-refractivity contribution >= 4 is 13.5 Å². The zero-order valence-electron chi connectivity index (χ0n) is 13.0. The Bertz CT molecular complexity index is 438. The lowest BCUT2D eigenvalue weighted by molar-refractivity contribution is 0.238. The molecule has 1 aromatic rings. The van der Waals surface area contributed by atoms with Gasteiger partial charge in [-0.05, 0) is 29.1 Å². The van der Waals surface area contributed by atoms with Crippen LogP contribution >= 0.6 is 8.20 Å². The van der Waals surface area contributed by atoms with Crippen LogP contribution in [-0.4, -0.2) is 16.1 Å². The molecule has 0 spiro atoms. The van der Waals surface area contributed by atoms with Crippen molar-refractivity contribution < 1.29 is 5.11 Å². The van der Waals surface area contributed by atoms with Gasteiger partial charge >= 0.3 is 0 Å². The fraction of sp³-hybridized carbons (Fsp3) is 0.611. The van der Waals surface area contributed by atoms with Crippen molar-refractivity contribution in [3.8, 4) is 0 Å². The number of benzene rings is 1. The van der Waals surface area contributed by atoms with E-state index >= 15 is 0 Å². The molecule has 20 heavy (non-hydrogen) atoms. The maximum absolute atomic E-state index is 10.8. The van der Waals surface area contributed by atoms with Crippen LogP contribution in [0.1, 0.15) is 64.5 Å². The van der Waals surface area contributed by atoms with Crippen molar-refractivity contribution in [2.75, 3.05) is 0 Å². The summed E-state index contributed by atoms with van der Waals surface area (Å²) in [6, 6.07) is 10.1. The smallest absolute Gasteiger partial charge is 0.105 e. The van der Waals surface area contributed by atoms with Gasteiger partial charge in [0.05, 0.1) is 0 Å². The van der Waals surface area contributed by atoms with E-state index in [2.05, 4.69) is 20.8 Å². The van der Waals surface area contributed by atoms with Crippen LogP contribution in [0.5, 0.6) is 0 Å². The summed E-state index contributed by atoms with van der Waals surface area (Å²) < 4.78 is 0. The minimum absolute atomic E-state index is 0.0499. The summed E-state index contributed by atoms with van der Waals surface area (Å²) in [6.07, 6.45) is 6.32. The van der Waals surface area contributed by atoms with Gasteiger partial charge < -0.3 is 5.11 Å². The second-order valence-electron chi connectivity index (χ2n) is 6.87. The predicted molar refractivity (Wildman–Crippen MR) is 89.7 cm³/mol. The van der Waals surface area contributed by atoms with E-state index in [1.807, 2.05) is 30.3 Å². The standard InChI is InChI=1S/C18H27OP/c1-18(2,3)17(20-15-12-8-5-9-13-15)16(19)14-10-6-4-7-11-14/h4,6-7,10-11,15-16,19H,5,8-9,12-13H2,1-3H3. The van der Waals surface area contributed by atoms with E-state index in [4.69, 9.17) is 0 Å². The molecule has 1 N–H and O–H groups in total. The fourth-order valence-electron chi connectivity index (χ4n) is 2.87. The molecule has 0 amide bonds. The SMILES string of the molecule is CC(C)(C)C(=PC1CCCCC1)C(O)c1ccccc1. The first-order valence-electron chi connectivity index (χ1n) is 7.79. The second-order valence-corrected chi connectivity index (χ2v) is 8.34. The lowest BCUT2D eigenvalue weighted by atomic mass is 9.86. The molecule has 1 fully saturated rings. The van der Waals surface area contributed by atoms with Gasteiger partial charge in [0.15, 0.2) is 0 Å². The first-order chi connectivity index (χ1) is 9.48. The van der Waals surface area contributed by atoms with Crippen LogP contribution in [0.15, 0.2) is 30.3 Å². The molecule has 0 heterocycles. The normalized spacial score (nSPS) is 19.9. The molecule has 1 atom stereocenters. The van der Waals surface area contributed by atoms with Gasteiger partial charge in [0.25, 0.3) is 0 Å². The van der Waals surface area contributed by atoms with E-state index in [0.717, 1.165) is 11.2 Å². The summed E-state index contributed by atoms with van der Waals surface area (Å²) in [5, 5.41) is 12.1. The molecule has 0 radical (unpaired) electrons. The van der Waals surface area contributed by atoms with Gasteiger partial charge in [-0.1, -0.05) is 78.6 Å². The monoisotopic (exact) mass is 290 g/mol. The molecule has 0 aliphatic heterocycles. The molecule has 0 saturated heterocycles. The van der Waals surface area contributed by atoms with Crippen molar-refractivity contribution in [2.45, 2.75) is 64.6 Å². The van der Waals surface area contributed by atoms with Gasteiger partial charge in [0, 0.05) is 5.66 Å². The number of aliphatic hydroxyl groups is 1. The van der Waals surface area contributed by atoms with E-state index in [9.17, 15) is 5.11 Å². The molecule has 0 bridgehead atoms. The Morgan fingerprint density at radius 3 is 2.25 bits per heavy atom. The summed E-state index contributed by atoms with van der Waals surface area (Å²) in [5.74, 6) is 0. The zero-order valence-corrected chi connectivity index (χ0v) is 13.9. The van der Waals surface area contributed by atoms with Crippen LogP contribution in [0.3, 0.4) is 0 Å². The van der Waals surface area contributed by atoms with Gasteiger partial charge in [0.2, 0.25) is 0 Å². The van der Waals surface area contributed by atoms with Crippen LogP contribution in [0, 0.1) is 5.41 Å². The molecular weight excluding hydrogens is 263 g/mol. The maximum atomic E-state index is 10.8. The lowest BCUT2D eigenvalue weighted by Crippen LogP contribution is -2.26. The van der Waals surface area contributed by atoms with E-state index in [-0.39, 0.29) is 5.41 Å². The largest absolute Gasteiger partial charge is 0.384 e. The molecule has 2 heteroatoms. The average Bonchev–Trinajstić information content (AvgIpc) is 2.45. The molecule has 1 nitrogen and oxygen atoms in total. The third-order valence-electron chi connectivity index (χ3n) is 4.04. The molecule has 1 aliphatic carbocycles. The van der Waals surface area contributed by atoms with Crippen LogP contribution in [0.2, 0.25) is 0 Å². The van der Waals surface area contributed by atoms with Gasteiger partial charge in [-0.15, -0.1) is 0 Å². The molecule has 110 valence electrons. The van der Waals surface area contributed by atoms with E-state index in [1.54, 1.807) is 0 Å². The van der Waals surface area contributed by atoms with Gasteiger partial charge in [-0.3, -0.25) is 0 Å². The van der Waals surface area contributed by atoms with Crippen LogP contribution in [0.25, 0.3) is 0 Å². The van der Waals surface area contributed by atoms with Crippen molar-refractivity contribution in [1.82, 2.24) is 0 Å². The first-order valence-corrected chi connectivity index (χ1v) is 8.76. The summed E-state index contributed by atoms with van der Waals surface area (Å²) >= 11 is 0. The zero-order chi connectivity index (χ0) is 14.6. The fourth-order valence-corrected chi connectivity index (χ4v) is 4.57. The molecule has 1 aromatic carbocycles. The summed E-state index contributed by atoms with van der Waals surface area (Å²) in [5.41, 5.74) is 1.82. The molecule has 0 aromatic heterocycles. The number of hydrogen-bond donors (Lipinski definition) is 1.